The van der Waals surface area contributed by atoms with E-state index in [-0.39, 0.29) is 23.4 Å². The molecule has 2 saturated heterocycles. The van der Waals surface area contributed by atoms with E-state index in [4.69, 9.17) is 0 Å². The van der Waals surface area contributed by atoms with Crippen molar-refractivity contribution < 1.29 is 9.59 Å². The van der Waals surface area contributed by atoms with Crippen LogP contribution < -0.4 is 5.32 Å². The van der Waals surface area contributed by atoms with E-state index >= 15 is 0 Å². The quantitative estimate of drug-likeness (QED) is 0.815. The highest BCUT2D eigenvalue weighted by Crippen LogP contribution is 2.34. The molecule has 2 aliphatic heterocycles. The van der Waals surface area contributed by atoms with Crippen LogP contribution in [0.4, 0.5) is 0 Å². The van der Waals surface area contributed by atoms with Crippen molar-refractivity contribution in [3.8, 4) is 0 Å². The van der Waals surface area contributed by atoms with Gasteiger partial charge in [0.1, 0.15) is 0 Å². The van der Waals surface area contributed by atoms with E-state index in [0.29, 0.717) is 13.1 Å². The lowest BCUT2D eigenvalue weighted by Gasteiger charge is -2.28. The number of carbonyl (C=O) groups is 2. The molecule has 1 atom stereocenters. The van der Waals surface area contributed by atoms with Gasteiger partial charge in [0.05, 0.1) is 19.1 Å². The number of hydrogen-bond acceptors (Lipinski definition) is 5. The fourth-order valence-electron chi connectivity index (χ4n) is 4.13. The van der Waals surface area contributed by atoms with Gasteiger partial charge >= 0.3 is 0 Å². The van der Waals surface area contributed by atoms with Gasteiger partial charge in [-0.15, -0.1) is 11.3 Å². The molecule has 28 heavy (non-hydrogen) atoms. The van der Waals surface area contributed by atoms with Gasteiger partial charge in [-0.1, -0.05) is 6.07 Å². The summed E-state index contributed by atoms with van der Waals surface area (Å²) in [7, 11) is 0. The largest absolute Gasteiger partial charge is 0.350 e. The molecule has 0 unspecified atom stereocenters. The van der Waals surface area contributed by atoms with Crippen molar-refractivity contribution in [2.24, 2.45) is 0 Å². The highest BCUT2D eigenvalue weighted by atomic mass is 32.1. The van der Waals surface area contributed by atoms with Crippen molar-refractivity contribution >= 4 is 23.2 Å². The summed E-state index contributed by atoms with van der Waals surface area (Å²) < 4.78 is 0. The molecule has 2 aliphatic rings. The summed E-state index contributed by atoms with van der Waals surface area (Å²) in [6.07, 6.45) is 3.15. The number of carbonyl (C=O) groups excluding carboxylic acids is 2. The second kappa shape index (κ2) is 9.37. The van der Waals surface area contributed by atoms with Gasteiger partial charge in [-0.3, -0.25) is 19.4 Å². The highest BCUT2D eigenvalue weighted by molar-refractivity contribution is 7.10. The minimum atomic E-state index is -0.198. The topological polar surface area (TPSA) is 55.9 Å². The Bertz CT molecular complexity index is 656. The third kappa shape index (κ3) is 6.03. The zero-order valence-corrected chi connectivity index (χ0v) is 18.3. The third-order valence-electron chi connectivity index (χ3n) is 5.37. The van der Waals surface area contributed by atoms with Crippen molar-refractivity contribution in [3.05, 3.63) is 22.4 Å². The van der Waals surface area contributed by atoms with Gasteiger partial charge in [-0.25, -0.2) is 0 Å². The highest BCUT2D eigenvalue weighted by Gasteiger charge is 2.31. The van der Waals surface area contributed by atoms with Crippen LogP contribution in [0.2, 0.25) is 0 Å². The molecule has 6 nitrogen and oxygen atoms in total. The predicted molar refractivity (Wildman–Crippen MR) is 113 cm³/mol. The SMILES string of the molecule is CC(C)(C)NC(=O)CN1CCCN(CC(=O)N2CCC[C@@H]2c2cccs2)CC1. The van der Waals surface area contributed by atoms with E-state index in [9.17, 15) is 9.59 Å². The van der Waals surface area contributed by atoms with Crippen LogP contribution in [-0.2, 0) is 9.59 Å². The van der Waals surface area contributed by atoms with Crippen LogP contribution in [0.15, 0.2) is 17.5 Å². The summed E-state index contributed by atoms with van der Waals surface area (Å²) in [5.41, 5.74) is -0.198. The van der Waals surface area contributed by atoms with Gasteiger partial charge in [0, 0.05) is 30.1 Å². The van der Waals surface area contributed by atoms with E-state index < -0.39 is 0 Å². The molecule has 0 aliphatic carbocycles. The second-order valence-corrected chi connectivity index (χ2v) is 9.94. The van der Waals surface area contributed by atoms with Crippen LogP contribution in [0.5, 0.6) is 0 Å². The lowest BCUT2D eigenvalue weighted by Crippen LogP contribution is -2.46. The van der Waals surface area contributed by atoms with Crippen molar-refractivity contribution in [2.45, 2.75) is 51.6 Å². The summed E-state index contributed by atoms with van der Waals surface area (Å²) in [6, 6.07) is 4.48. The summed E-state index contributed by atoms with van der Waals surface area (Å²) >= 11 is 1.75. The number of rotatable bonds is 5. The monoisotopic (exact) mass is 406 g/mol. The fraction of sp³-hybridized carbons (Fsp3) is 0.714. The van der Waals surface area contributed by atoms with E-state index in [1.54, 1.807) is 11.3 Å². The molecule has 2 fully saturated rings. The van der Waals surface area contributed by atoms with Crippen molar-refractivity contribution in [1.29, 1.82) is 0 Å². The van der Waals surface area contributed by atoms with Gasteiger partial charge in [0.2, 0.25) is 11.8 Å². The first-order chi connectivity index (χ1) is 13.3. The molecule has 3 rings (SSSR count). The Hall–Kier alpha value is -1.44. The summed E-state index contributed by atoms with van der Waals surface area (Å²) in [5, 5.41) is 5.12. The van der Waals surface area contributed by atoms with E-state index in [1.165, 1.54) is 4.88 Å². The third-order valence-corrected chi connectivity index (χ3v) is 6.34. The van der Waals surface area contributed by atoms with Crippen molar-refractivity contribution in [1.82, 2.24) is 20.0 Å². The first-order valence-corrected chi connectivity index (χ1v) is 11.3. The Kier molecular flexibility index (Phi) is 7.12. The number of thiophene rings is 1. The van der Waals surface area contributed by atoms with Gasteiger partial charge in [0.15, 0.2) is 0 Å². The molecule has 0 bridgehead atoms. The number of likely N-dealkylation sites (tertiary alicyclic amines) is 1. The Morgan fingerprint density at radius 1 is 1.07 bits per heavy atom. The maximum Gasteiger partial charge on any atom is 0.237 e. The molecule has 156 valence electrons. The van der Waals surface area contributed by atoms with Gasteiger partial charge < -0.3 is 10.2 Å². The second-order valence-electron chi connectivity index (χ2n) is 8.96. The average molecular weight is 407 g/mol. The van der Waals surface area contributed by atoms with Crippen LogP contribution in [0.25, 0.3) is 0 Å². The number of nitrogens with zero attached hydrogens (tertiary/aromatic N) is 3. The molecule has 0 spiro atoms. The van der Waals surface area contributed by atoms with Gasteiger partial charge in [-0.2, -0.15) is 0 Å². The lowest BCUT2D eigenvalue weighted by molar-refractivity contribution is -0.133. The number of nitrogens with one attached hydrogen (secondary N) is 1. The summed E-state index contributed by atoms with van der Waals surface area (Å²) in [6.45, 7) is 11.3. The van der Waals surface area contributed by atoms with Crippen LogP contribution in [0.1, 0.15) is 51.0 Å². The van der Waals surface area contributed by atoms with E-state index in [0.717, 1.165) is 52.0 Å². The molecule has 3 heterocycles. The molecule has 1 N–H and O–H groups in total. The molecule has 1 aromatic rings. The maximum atomic E-state index is 13.0. The molecule has 0 saturated carbocycles. The molecule has 2 amide bonds. The average Bonchev–Trinajstić information content (AvgIpc) is 3.24. The molecule has 7 heteroatoms. The van der Waals surface area contributed by atoms with Gasteiger partial charge in [-0.05, 0) is 64.6 Å². The Balaban J connectivity index is 1.48. The molecule has 0 radical (unpaired) electrons. The molecular formula is C21H34N4O2S. The molecule has 0 aromatic carbocycles. The predicted octanol–water partition coefficient (Wildman–Crippen LogP) is 2.33. The fourth-order valence-corrected chi connectivity index (χ4v) is 5.00. The molecule has 1 aromatic heterocycles. The minimum absolute atomic E-state index is 0.0767. The van der Waals surface area contributed by atoms with Crippen LogP contribution >= 0.6 is 11.3 Å². The minimum Gasteiger partial charge on any atom is -0.350 e. The summed E-state index contributed by atoms with van der Waals surface area (Å²) in [5.74, 6) is 0.322. The zero-order valence-electron chi connectivity index (χ0n) is 17.4. The first-order valence-electron chi connectivity index (χ1n) is 10.4. The van der Waals surface area contributed by atoms with E-state index in [2.05, 4.69) is 37.5 Å². The Labute approximate surface area is 172 Å². The molecular weight excluding hydrogens is 372 g/mol. The van der Waals surface area contributed by atoms with Gasteiger partial charge in [0.25, 0.3) is 0 Å². The Morgan fingerprint density at radius 2 is 1.79 bits per heavy atom. The lowest BCUT2D eigenvalue weighted by atomic mass is 10.1. The van der Waals surface area contributed by atoms with Crippen LogP contribution in [-0.4, -0.2) is 77.9 Å². The number of amides is 2. The van der Waals surface area contributed by atoms with Crippen LogP contribution in [0, 0.1) is 0 Å². The summed E-state index contributed by atoms with van der Waals surface area (Å²) in [4.78, 5) is 33.0. The number of hydrogen-bond donors (Lipinski definition) is 1. The normalized spacial score (nSPS) is 22.2. The van der Waals surface area contributed by atoms with Crippen LogP contribution in [0.3, 0.4) is 0 Å². The van der Waals surface area contributed by atoms with Crippen molar-refractivity contribution in [3.63, 3.8) is 0 Å². The van der Waals surface area contributed by atoms with E-state index in [1.807, 2.05) is 20.8 Å². The maximum absolute atomic E-state index is 13.0. The smallest absolute Gasteiger partial charge is 0.237 e. The first kappa shape index (κ1) is 21.3. The standard InChI is InChI=1S/C21H34N4O2S/c1-21(2,3)22-19(26)15-23-9-6-10-24(13-12-23)16-20(27)25-11-4-7-17(25)18-8-5-14-28-18/h5,8,14,17H,4,6-7,9-13,15-16H2,1-3H3,(H,22,26)/t17-/m1/s1. The van der Waals surface area contributed by atoms with Crippen molar-refractivity contribution in [2.75, 3.05) is 45.8 Å². The zero-order chi connectivity index (χ0) is 20.1. The Morgan fingerprint density at radius 3 is 2.43 bits per heavy atom.